The Morgan fingerprint density at radius 2 is 2.10 bits per heavy atom. The molecule has 1 heterocycles. The van der Waals surface area contributed by atoms with Gasteiger partial charge in [-0.05, 0) is 49.8 Å². The molecule has 0 saturated heterocycles. The molecular formula is C18H27NO. The van der Waals surface area contributed by atoms with Crippen molar-refractivity contribution in [1.82, 2.24) is 5.32 Å². The van der Waals surface area contributed by atoms with E-state index in [2.05, 4.69) is 36.5 Å². The van der Waals surface area contributed by atoms with Gasteiger partial charge in [0.2, 0.25) is 0 Å². The van der Waals surface area contributed by atoms with Gasteiger partial charge in [-0.1, -0.05) is 38.0 Å². The standard InChI is InChI=1S/C18H27NO/c1-2-12-19-17(10-9-14-7-8-14)15-11-13-20-18-6-4-3-5-16(15)18/h3-6,14-15,17,19H,2,7-13H2,1H3. The summed E-state index contributed by atoms with van der Waals surface area (Å²) >= 11 is 0. The van der Waals surface area contributed by atoms with E-state index in [9.17, 15) is 0 Å². The van der Waals surface area contributed by atoms with Gasteiger partial charge < -0.3 is 10.1 Å². The lowest BCUT2D eigenvalue weighted by Crippen LogP contribution is -2.37. The zero-order valence-electron chi connectivity index (χ0n) is 12.6. The maximum atomic E-state index is 5.82. The van der Waals surface area contributed by atoms with Crippen LogP contribution in [0.4, 0.5) is 0 Å². The van der Waals surface area contributed by atoms with Gasteiger partial charge >= 0.3 is 0 Å². The highest BCUT2D eigenvalue weighted by Crippen LogP contribution is 2.39. The fourth-order valence-corrected chi connectivity index (χ4v) is 3.38. The Bertz CT molecular complexity index is 427. The summed E-state index contributed by atoms with van der Waals surface area (Å²) < 4.78 is 5.82. The third-order valence-electron chi connectivity index (χ3n) is 4.73. The monoisotopic (exact) mass is 273 g/mol. The Balaban J connectivity index is 1.71. The van der Waals surface area contributed by atoms with Gasteiger partial charge in [0.25, 0.3) is 0 Å². The van der Waals surface area contributed by atoms with Crippen LogP contribution in [0.15, 0.2) is 24.3 Å². The van der Waals surface area contributed by atoms with Crippen molar-refractivity contribution >= 4 is 0 Å². The first-order valence-corrected chi connectivity index (χ1v) is 8.33. The van der Waals surface area contributed by atoms with E-state index >= 15 is 0 Å². The molecule has 1 aromatic carbocycles. The molecule has 1 fully saturated rings. The SMILES string of the molecule is CCCNC(CCC1CC1)C1CCOc2ccccc21. The molecule has 2 heteroatoms. The van der Waals surface area contributed by atoms with E-state index in [0.717, 1.165) is 31.2 Å². The second-order valence-corrected chi connectivity index (χ2v) is 6.36. The highest BCUT2D eigenvalue weighted by molar-refractivity contribution is 5.38. The third kappa shape index (κ3) is 3.35. The molecule has 1 aliphatic heterocycles. The number of rotatable bonds is 7. The summed E-state index contributed by atoms with van der Waals surface area (Å²) in [5.41, 5.74) is 1.42. The van der Waals surface area contributed by atoms with E-state index in [-0.39, 0.29) is 0 Å². The number of benzene rings is 1. The van der Waals surface area contributed by atoms with Crippen molar-refractivity contribution in [3.8, 4) is 5.75 Å². The van der Waals surface area contributed by atoms with Crippen molar-refractivity contribution in [2.45, 2.75) is 57.4 Å². The van der Waals surface area contributed by atoms with Gasteiger partial charge in [-0.3, -0.25) is 0 Å². The first-order chi connectivity index (χ1) is 9.88. The molecule has 0 spiro atoms. The Hall–Kier alpha value is -1.02. The Morgan fingerprint density at radius 3 is 2.90 bits per heavy atom. The molecule has 1 saturated carbocycles. The smallest absolute Gasteiger partial charge is 0.122 e. The van der Waals surface area contributed by atoms with E-state index in [1.54, 1.807) is 0 Å². The van der Waals surface area contributed by atoms with Crippen molar-refractivity contribution in [2.75, 3.05) is 13.2 Å². The van der Waals surface area contributed by atoms with Crippen LogP contribution in [0.25, 0.3) is 0 Å². The molecule has 1 aromatic rings. The molecule has 0 amide bonds. The number of ether oxygens (including phenoxy) is 1. The topological polar surface area (TPSA) is 21.3 Å². The summed E-state index contributed by atoms with van der Waals surface area (Å²) in [6, 6.07) is 9.24. The Labute approximate surface area is 122 Å². The van der Waals surface area contributed by atoms with Gasteiger partial charge in [0.05, 0.1) is 6.61 Å². The van der Waals surface area contributed by atoms with E-state index < -0.39 is 0 Å². The highest BCUT2D eigenvalue weighted by Gasteiger charge is 2.30. The fraction of sp³-hybridized carbons (Fsp3) is 0.667. The molecule has 0 radical (unpaired) electrons. The minimum absolute atomic E-state index is 0.626. The van der Waals surface area contributed by atoms with Crippen molar-refractivity contribution in [1.29, 1.82) is 0 Å². The third-order valence-corrected chi connectivity index (χ3v) is 4.73. The highest BCUT2D eigenvalue weighted by atomic mass is 16.5. The van der Waals surface area contributed by atoms with E-state index in [1.165, 1.54) is 37.7 Å². The van der Waals surface area contributed by atoms with Crippen molar-refractivity contribution in [3.63, 3.8) is 0 Å². The molecular weight excluding hydrogens is 246 g/mol. The van der Waals surface area contributed by atoms with E-state index in [4.69, 9.17) is 4.74 Å². The second-order valence-electron chi connectivity index (χ2n) is 6.36. The molecule has 2 unspecified atom stereocenters. The number of hydrogen-bond donors (Lipinski definition) is 1. The number of hydrogen-bond acceptors (Lipinski definition) is 2. The minimum atomic E-state index is 0.626. The normalized spacial score (nSPS) is 22.9. The maximum Gasteiger partial charge on any atom is 0.122 e. The van der Waals surface area contributed by atoms with Crippen LogP contribution in [-0.2, 0) is 0 Å². The van der Waals surface area contributed by atoms with Crippen molar-refractivity contribution in [3.05, 3.63) is 29.8 Å². The molecule has 2 atom stereocenters. The molecule has 110 valence electrons. The predicted molar refractivity (Wildman–Crippen MR) is 83.3 cm³/mol. The number of nitrogens with one attached hydrogen (secondary N) is 1. The summed E-state index contributed by atoms with van der Waals surface area (Å²) in [6.07, 6.45) is 8.02. The largest absolute Gasteiger partial charge is 0.493 e. The lowest BCUT2D eigenvalue weighted by Gasteiger charge is -2.33. The molecule has 0 aromatic heterocycles. The lowest BCUT2D eigenvalue weighted by atomic mass is 9.84. The molecule has 2 nitrogen and oxygen atoms in total. The van der Waals surface area contributed by atoms with Crippen LogP contribution in [0.1, 0.15) is 56.9 Å². The van der Waals surface area contributed by atoms with E-state index in [0.29, 0.717) is 12.0 Å². The van der Waals surface area contributed by atoms with Crippen LogP contribution >= 0.6 is 0 Å². The molecule has 0 bridgehead atoms. The van der Waals surface area contributed by atoms with Crippen LogP contribution in [0, 0.1) is 5.92 Å². The van der Waals surface area contributed by atoms with Gasteiger partial charge in [0.1, 0.15) is 5.75 Å². The van der Waals surface area contributed by atoms with Crippen LogP contribution in [-0.4, -0.2) is 19.2 Å². The van der Waals surface area contributed by atoms with Crippen LogP contribution in [0.3, 0.4) is 0 Å². The molecule has 1 aliphatic carbocycles. The summed E-state index contributed by atoms with van der Waals surface area (Å²) in [5, 5.41) is 3.81. The van der Waals surface area contributed by atoms with Gasteiger partial charge in [-0.25, -0.2) is 0 Å². The first kappa shape index (κ1) is 13.9. The summed E-state index contributed by atoms with van der Waals surface area (Å²) in [4.78, 5) is 0. The predicted octanol–water partition coefficient (Wildman–Crippen LogP) is 4.11. The van der Waals surface area contributed by atoms with E-state index in [1.807, 2.05) is 0 Å². The zero-order valence-corrected chi connectivity index (χ0v) is 12.6. The fourth-order valence-electron chi connectivity index (χ4n) is 3.38. The van der Waals surface area contributed by atoms with Gasteiger partial charge in [0.15, 0.2) is 0 Å². The second kappa shape index (κ2) is 6.62. The van der Waals surface area contributed by atoms with Crippen LogP contribution in [0.2, 0.25) is 0 Å². The lowest BCUT2D eigenvalue weighted by molar-refractivity contribution is 0.239. The number of fused-ring (bicyclic) bond motifs is 1. The van der Waals surface area contributed by atoms with Gasteiger partial charge in [0, 0.05) is 12.0 Å². The minimum Gasteiger partial charge on any atom is -0.493 e. The summed E-state index contributed by atoms with van der Waals surface area (Å²) in [6.45, 7) is 4.26. The van der Waals surface area contributed by atoms with Gasteiger partial charge in [-0.15, -0.1) is 0 Å². The zero-order chi connectivity index (χ0) is 13.8. The van der Waals surface area contributed by atoms with Crippen LogP contribution in [0.5, 0.6) is 5.75 Å². The van der Waals surface area contributed by atoms with Gasteiger partial charge in [-0.2, -0.15) is 0 Å². The Kier molecular flexibility index (Phi) is 4.62. The average molecular weight is 273 g/mol. The molecule has 3 rings (SSSR count). The quantitative estimate of drug-likeness (QED) is 0.807. The van der Waals surface area contributed by atoms with Crippen LogP contribution < -0.4 is 10.1 Å². The first-order valence-electron chi connectivity index (χ1n) is 8.33. The maximum absolute atomic E-state index is 5.82. The molecule has 1 N–H and O–H groups in total. The summed E-state index contributed by atoms with van der Waals surface area (Å²) in [7, 11) is 0. The Morgan fingerprint density at radius 1 is 1.25 bits per heavy atom. The summed E-state index contributed by atoms with van der Waals surface area (Å²) in [5.74, 6) is 2.76. The molecule has 2 aliphatic rings. The number of para-hydroxylation sites is 1. The van der Waals surface area contributed by atoms with Crippen molar-refractivity contribution in [2.24, 2.45) is 5.92 Å². The van der Waals surface area contributed by atoms with Crippen molar-refractivity contribution < 1.29 is 4.74 Å². The average Bonchev–Trinajstić information content (AvgIpc) is 3.31. The molecule has 20 heavy (non-hydrogen) atoms.